The molecule has 0 N–H and O–H groups in total. The highest BCUT2D eigenvalue weighted by Crippen LogP contribution is 2.39. The maximum atomic E-state index is 13.7. The number of benzene rings is 2. The van der Waals surface area contributed by atoms with E-state index in [0.29, 0.717) is 22.2 Å². The van der Waals surface area contributed by atoms with Crippen molar-refractivity contribution in [2.45, 2.75) is 46.7 Å². The summed E-state index contributed by atoms with van der Waals surface area (Å²) in [5.74, 6) is 0.0382. The number of hydrogen-bond donors (Lipinski definition) is 0. The third-order valence-corrected chi connectivity index (χ3v) is 7.56. The van der Waals surface area contributed by atoms with Crippen LogP contribution in [-0.4, -0.2) is 29.1 Å². The third-order valence-electron chi connectivity index (χ3n) is 5.69. The number of imidazole rings is 1. The van der Waals surface area contributed by atoms with Gasteiger partial charge >= 0.3 is 12.4 Å². The van der Waals surface area contributed by atoms with E-state index in [9.17, 15) is 26.3 Å². The number of aromatic nitrogens is 6. The van der Waals surface area contributed by atoms with Crippen molar-refractivity contribution in [3.8, 4) is 28.7 Å². The van der Waals surface area contributed by atoms with E-state index in [1.165, 1.54) is 36.0 Å². The highest BCUT2D eigenvalue weighted by atomic mass is 127. The van der Waals surface area contributed by atoms with Crippen molar-refractivity contribution in [3.63, 3.8) is 0 Å². The molecular weight excluding hydrogens is 708 g/mol. The molecule has 2 aromatic carbocycles. The summed E-state index contributed by atoms with van der Waals surface area (Å²) >= 11 is 2.10. The van der Waals surface area contributed by atoms with Crippen molar-refractivity contribution >= 4 is 39.4 Å². The minimum absolute atomic E-state index is 0.0172. The molecule has 0 aliphatic rings. The first-order valence-corrected chi connectivity index (χ1v) is 17.1. The summed E-state index contributed by atoms with van der Waals surface area (Å²) < 4.78 is 88.8. The Kier molecular flexibility index (Phi) is 11.5. The summed E-state index contributed by atoms with van der Waals surface area (Å²) in [4.78, 5) is 12.3. The lowest BCUT2D eigenvalue weighted by Gasteiger charge is -2.14. The maximum absolute atomic E-state index is 13.7. The first-order valence-electron chi connectivity index (χ1n) is 13.1. The van der Waals surface area contributed by atoms with Gasteiger partial charge in [0.25, 0.3) is 0 Å². The molecule has 15 heteroatoms. The van der Waals surface area contributed by atoms with Gasteiger partial charge in [-0.1, -0.05) is 70.2 Å². The van der Waals surface area contributed by atoms with Gasteiger partial charge in [0.1, 0.15) is 17.9 Å². The number of nitrogens with zero attached hydrogens (tertiary/aromatic N) is 6. The molecule has 43 heavy (non-hydrogen) atoms. The molecule has 0 fully saturated rings. The van der Waals surface area contributed by atoms with Crippen LogP contribution in [0, 0.1) is 0 Å². The molecule has 1 unspecified atom stereocenters. The van der Waals surface area contributed by atoms with Crippen LogP contribution in [0.5, 0.6) is 5.88 Å². The maximum Gasteiger partial charge on any atom is 0.434 e. The summed E-state index contributed by atoms with van der Waals surface area (Å²) in [6.45, 7) is 7.98. The summed E-state index contributed by atoms with van der Waals surface area (Å²) in [5.41, 5.74) is -0.193. The Balaban J connectivity index is 0.00000121. The van der Waals surface area contributed by atoms with E-state index >= 15 is 0 Å². The van der Waals surface area contributed by atoms with Crippen LogP contribution in [0.2, 0.25) is 0 Å². The lowest BCUT2D eigenvalue weighted by molar-refractivity contribution is -0.141. The molecule has 1 atom stereocenters. The lowest BCUT2D eigenvalue weighted by Crippen LogP contribution is -2.09. The molecule has 3 aromatic heterocycles. The van der Waals surface area contributed by atoms with Gasteiger partial charge in [-0.05, 0) is 33.7 Å². The normalized spacial score (nSPS) is 11.7. The zero-order chi connectivity index (χ0) is 31.9. The van der Waals surface area contributed by atoms with Gasteiger partial charge in [-0.2, -0.15) is 36.4 Å². The predicted octanol–water partition coefficient (Wildman–Crippen LogP) is 9.35. The molecule has 0 saturated heterocycles. The molecule has 0 radical (unpaired) electrons. The SMILES string of the molecule is CC.CC.Cn1cc(C(F)(F)F)nc1-c1ccc(COc2nc(-c3ccccc3C(F)(F)F)nc3cnn(PI)c23)cc1. The predicted molar refractivity (Wildman–Crippen MR) is 164 cm³/mol. The molecule has 0 aliphatic carbocycles. The van der Waals surface area contributed by atoms with Crippen molar-refractivity contribution in [3.05, 3.63) is 77.7 Å². The minimum atomic E-state index is -4.61. The summed E-state index contributed by atoms with van der Waals surface area (Å²) in [7, 11) is 1.47. The number of aryl methyl sites for hydroxylation is 1. The van der Waals surface area contributed by atoms with E-state index in [-0.39, 0.29) is 36.1 Å². The largest absolute Gasteiger partial charge is 0.471 e. The molecule has 0 bridgehead atoms. The van der Waals surface area contributed by atoms with E-state index in [1.807, 2.05) is 27.7 Å². The van der Waals surface area contributed by atoms with Crippen molar-refractivity contribution in [2.75, 3.05) is 0 Å². The highest BCUT2D eigenvalue weighted by Gasteiger charge is 2.35. The van der Waals surface area contributed by atoms with Crippen LogP contribution in [-0.2, 0) is 26.0 Å². The van der Waals surface area contributed by atoms with Gasteiger partial charge in [-0.25, -0.2) is 14.4 Å². The standard InChI is InChI=1S/C24H16F6IN6OP.2C2H6/c1-36-11-18(24(28,29)30)34-21(36)14-8-6-13(7-9-14)12-38-22-19-17(10-32-37(19)39-31)33-20(35-22)15-4-2-3-5-16(15)23(25,26)27;2*1-2/h2-11,39H,12H2,1H3;2*1-2H3. The average molecular weight is 736 g/mol. The Morgan fingerprint density at radius 1 is 0.860 bits per heavy atom. The Bertz CT molecular complexity index is 1650. The Hall–Kier alpha value is -3.26. The van der Waals surface area contributed by atoms with Gasteiger partial charge in [0, 0.05) is 24.4 Å². The van der Waals surface area contributed by atoms with Crippen LogP contribution in [0.4, 0.5) is 26.3 Å². The number of fused-ring (bicyclic) bond motifs is 1. The molecular formula is C28H28F6IN6OP. The molecule has 0 saturated carbocycles. The topological polar surface area (TPSA) is 70.7 Å². The van der Waals surface area contributed by atoms with Crippen molar-refractivity contribution in [1.29, 1.82) is 0 Å². The van der Waals surface area contributed by atoms with Gasteiger partial charge in [0.15, 0.2) is 17.0 Å². The monoisotopic (exact) mass is 736 g/mol. The van der Waals surface area contributed by atoms with Gasteiger partial charge < -0.3 is 9.30 Å². The van der Waals surface area contributed by atoms with E-state index in [1.54, 1.807) is 28.7 Å². The number of alkyl halides is 6. The second-order valence-electron chi connectivity index (χ2n) is 8.31. The fourth-order valence-electron chi connectivity index (χ4n) is 3.89. The van der Waals surface area contributed by atoms with E-state index in [2.05, 4.69) is 42.1 Å². The van der Waals surface area contributed by atoms with Crippen LogP contribution in [0.3, 0.4) is 0 Å². The van der Waals surface area contributed by atoms with E-state index in [4.69, 9.17) is 4.74 Å². The van der Waals surface area contributed by atoms with Crippen molar-refractivity contribution < 1.29 is 31.1 Å². The van der Waals surface area contributed by atoms with Crippen LogP contribution < -0.4 is 4.74 Å². The quantitative estimate of drug-likeness (QED) is 0.0988. The number of rotatable bonds is 6. The molecule has 0 aliphatic heterocycles. The smallest absolute Gasteiger partial charge is 0.434 e. The minimum Gasteiger partial charge on any atom is -0.471 e. The second-order valence-corrected chi connectivity index (χ2v) is 10.4. The van der Waals surface area contributed by atoms with Gasteiger partial charge in [-0.3, -0.25) is 0 Å². The molecule has 0 amide bonds. The van der Waals surface area contributed by atoms with E-state index < -0.39 is 23.6 Å². The fraction of sp³-hybridized carbons (Fsp3) is 0.286. The summed E-state index contributed by atoms with van der Waals surface area (Å²) in [6, 6.07) is 11.5. The van der Waals surface area contributed by atoms with Gasteiger partial charge in [0.05, 0.1) is 18.1 Å². The zero-order valence-corrected chi connectivity index (χ0v) is 26.9. The van der Waals surface area contributed by atoms with Gasteiger partial charge in [0.2, 0.25) is 5.88 Å². The number of ether oxygens (including phenoxy) is 1. The van der Waals surface area contributed by atoms with Crippen molar-refractivity contribution in [2.24, 2.45) is 7.05 Å². The molecule has 5 aromatic rings. The Labute approximate surface area is 259 Å². The number of halogens is 7. The zero-order valence-electron chi connectivity index (χ0n) is 23.7. The van der Waals surface area contributed by atoms with Gasteiger partial charge in [-0.15, -0.1) is 0 Å². The lowest BCUT2D eigenvalue weighted by atomic mass is 10.1. The number of hydrogen-bond acceptors (Lipinski definition) is 5. The fourth-order valence-corrected chi connectivity index (χ4v) is 5.39. The molecule has 7 nitrogen and oxygen atoms in total. The molecule has 0 spiro atoms. The van der Waals surface area contributed by atoms with Crippen LogP contribution >= 0.6 is 28.4 Å². The molecule has 3 heterocycles. The average Bonchev–Trinajstić information content (AvgIpc) is 3.61. The summed E-state index contributed by atoms with van der Waals surface area (Å²) in [6.07, 6.45) is -6.67. The second kappa shape index (κ2) is 14.5. The van der Waals surface area contributed by atoms with Crippen molar-refractivity contribution in [1.82, 2.24) is 29.1 Å². The van der Waals surface area contributed by atoms with E-state index in [0.717, 1.165) is 12.3 Å². The Morgan fingerprint density at radius 3 is 2.09 bits per heavy atom. The van der Waals surface area contributed by atoms with Crippen LogP contribution in [0.1, 0.15) is 44.5 Å². The first-order chi connectivity index (χ1) is 20.5. The molecule has 230 valence electrons. The highest BCUT2D eigenvalue weighted by molar-refractivity contribution is 14.2. The Morgan fingerprint density at radius 2 is 1.51 bits per heavy atom. The molecule has 5 rings (SSSR count). The summed E-state index contributed by atoms with van der Waals surface area (Å²) in [5, 5.41) is 4.24. The van der Waals surface area contributed by atoms with Crippen LogP contribution in [0.25, 0.3) is 33.8 Å². The third kappa shape index (κ3) is 7.83. The van der Waals surface area contributed by atoms with Crippen LogP contribution in [0.15, 0.2) is 60.9 Å². The first kappa shape index (κ1) is 34.2.